The minimum atomic E-state index is -0.910. The van der Waals surface area contributed by atoms with Crippen LogP contribution in [0.5, 0.6) is 5.75 Å². The number of alkyl carbamates (subject to hydrolysis) is 1. The van der Waals surface area contributed by atoms with Gasteiger partial charge >= 0.3 is 6.09 Å². The van der Waals surface area contributed by atoms with Crippen molar-refractivity contribution in [2.75, 3.05) is 0 Å². The molecule has 0 saturated carbocycles. The number of hydrogen-bond acceptors (Lipinski definition) is 6. The topological polar surface area (TPSA) is 134 Å². The molecule has 3 unspecified atom stereocenters. The predicted molar refractivity (Wildman–Crippen MR) is 170 cm³/mol. The van der Waals surface area contributed by atoms with Crippen LogP contribution in [0.3, 0.4) is 0 Å². The molecule has 0 aliphatic heterocycles. The quantitative estimate of drug-likeness (QED) is 0.163. The third-order valence-electron chi connectivity index (χ3n) is 5.89. The van der Waals surface area contributed by atoms with E-state index < -0.39 is 36.0 Å². The Bertz CT molecular complexity index is 1140. The number of rotatable bonds is 14. The number of hydrogen-bond donors (Lipinski definition) is 4. The smallest absolute Gasteiger partial charge is 0.408 e. The number of amides is 3. The number of nitrogens with one attached hydrogen (secondary N) is 3. The Kier molecular flexibility index (Phi) is 14.1. The summed E-state index contributed by atoms with van der Waals surface area (Å²) in [6.45, 7) is 7.77. The first-order valence-electron chi connectivity index (χ1n) is 13.1. The summed E-state index contributed by atoms with van der Waals surface area (Å²) in [4.78, 5) is 50.9. The lowest BCUT2D eigenvalue weighted by molar-refractivity contribution is -0.131. The van der Waals surface area contributed by atoms with E-state index in [4.69, 9.17) is 4.74 Å². The SMILES string of the molecule is CC(C)CC(NC(=O)OCc1ccccc1)C(=O)NC(CC(C)C)C(=O)NC(C=O)Cc1cc(I)c(O)c(I)c1. The van der Waals surface area contributed by atoms with Crippen LogP contribution in [0.2, 0.25) is 0 Å². The highest BCUT2D eigenvalue weighted by Gasteiger charge is 2.29. The van der Waals surface area contributed by atoms with Crippen molar-refractivity contribution < 1.29 is 29.0 Å². The molecule has 0 fully saturated rings. The number of carbonyl (C=O) groups excluding carboxylic acids is 4. The van der Waals surface area contributed by atoms with E-state index in [1.54, 1.807) is 12.1 Å². The first-order valence-corrected chi connectivity index (χ1v) is 15.2. The summed E-state index contributed by atoms with van der Waals surface area (Å²) in [6, 6.07) is 10.1. The number of aromatic hydroxyl groups is 1. The fraction of sp³-hybridized carbons (Fsp3) is 0.448. The zero-order chi connectivity index (χ0) is 29.8. The molecule has 0 heterocycles. The van der Waals surface area contributed by atoms with E-state index >= 15 is 0 Å². The van der Waals surface area contributed by atoms with Crippen LogP contribution in [0, 0.1) is 19.0 Å². The molecule has 40 heavy (non-hydrogen) atoms. The summed E-state index contributed by atoms with van der Waals surface area (Å²) in [5.74, 6) is -0.671. The van der Waals surface area contributed by atoms with Crippen LogP contribution in [0.15, 0.2) is 42.5 Å². The van der Waals surface area contributed by atoms with Gasteiger partial charge in [-0.3, -0.25) is 9.59 Å². The Morgan fingerprint density at radius 2 is 1.38 bits per heavy atom. The molecule has 9 nitrogen and oxygen atoms in total. The lowest BCUT2D eigenvalue weighted by Gasteiger charge is -2.26. The van der Waals surface area contributed by atoms with Crippen molar-refractivity contribution in [3.8, 4) is 5.75 Å². The summed E-state index contributed by atoms with van der Waals surface area (Å²) >= 11 is 4.02. The van der Waals surface area contributed by atoms with Crippen LogP contribution in [0.1, 0.15) is 51.7 Å². The molecule has 0 aliphatic carbocycles. The Hall–Kier alpha value is -2.42. The number of phenols is 1. The molecule has 3 amide bonds. The van der Waals surface area contributed by atoms with Crippen molar-refractivity contribution in [3.05, 3.63) is 60.7 Å². The highest BCUT2D eigenvalue weighted by Crippen LogP contribution is 2.27. The van der Waals surface area contributed by atoms with Gasteiger partial charge in [-0.1, -0.05) is 58.0 Å². The molecule has 3 atom stereocenters. The highest BCUT2D eigenvalue weighted by molar-refractivity contribution is 14.1. The van der Waals surface area contributed by atoms with Crippen molar-refractivity contribution in [1.82, 2.24) is 16.0 Å². The number of benzene rings is 2. The summed E-state index contributed by atoms with van der Waals surface area (Å²) in [5, 5.41) is 18.2. The van der Waals surface area contributed by atoms with Gasteiger partial charge in [-0.2, -0.15) is 0 Å². The summed E-state index contributed by atoms with van der Waals surface area (Å²) < 4.78 is 6.58. The second-order valence-electron chi connectivity index (χ2n) is 10.4. The summed E-state index contributed by atoms with van der Waals surface area (Å²) in [7, 11) is 0. The second kappa shape index (κ2) is 16.7. The van der Waals surface area contributed by atoms with Crippen molar-refractivity contribution in [3.63, 3.8) is 0 Å². The van der Waals surface area contributed by atoms with E-state index in [2.05, 4.69) is 16.0 Å². The summed E-state index contributed by atoms with van der Waals surface area (Å²) in [6.07, 6.45) is 0.843. The fourth-order valence-electron chi connectivity index (χ4n) is 3.99. The van der Waals surface area contributed by atoms with Crippen molar-refractivity contribution in [2.24, 2.45) is 11.8 Å². The molecule has 0 aliphatic rings. The average molecular weight is 777 g/mol. The largest absolute Gasteiger partial charge is 0.506 e. The number of ether oxygens (including phenoxy) is 1. The Morgan fingerprint density at radius 3 is 1.90 bits per heavy atom. The minimum Gasteiger partial charge on any atom is -0.506 e. The van der Waals surface area contributed by atoms with Gasteiger partial charge in [0.25, 0.3) is 0 Å². The maximum atomic E-state index is 13.3. The third kappa shape index (κ3) is 11.6. The molecule has 0 bridgehead atoms. The molecule has 2 rings (SSSR count). The highest BCUT2D eigenvalue weighted by atomic mass is 127. The first-order chi connectivity index (χ1) is 18.9. The molecular formula is C29H37I2N3O6. The van der Waals surface area contributed by atoms with Crippen LogP contribution < -0.4 is 16.0 Å². The van der Waals surface area contributed by atoms with E-state index in [1.807, 2.05) is 103 Å². The van der Waals surface area contributed by atoms with Gasteiger partial charge in [-0.15, -0.1) is 0 Å². The number of phenolic OH excluding ortho intramolecular Hbond substituents is 1. The second-order valence-corrected chi connectivity index (χ2v) is 12.8. The molecule has 0 radical (unpaired) electrons. The third-order valence-corrected chi connectivity index (χ3v) is 7.54. The molecular weight excluding hydrogens is 740 g/mol. The Morgan fingerprint density at radius 1 is 0.850 bits per heavy atom. The first kappa shape index (κ1) is 33.8. The van der Waals surface area contributed by atoms with Crippen LogP contribution in [0.4, 0.5) is 4.79 Å². The standard InChI is InChI=1S/C29H37I2N3O6/c1-17(2)10-24(27(37)32-21(15-35)12-20-13-22(30)26(36)23(31)14-20)33-28(38)25(11-18(3)4)34-29(39)40-16-19-8-6-5-7-9-19/h5-9,13-15,17-18,21,24-25,36H,10-12,16H2,1-4H3,(H,32,37)(H,33,38)(H,34,39). The van der Waals surface area contributed by atoms with Gasteiger partial charge in [0, 0.05) is 0 Å². The molecule has 11 heteroatoms. The van der Waals surface area contributed by atoms with Gasteiger partial charge in [0.2, 0.25) is 11.8 Å². The minimum absolute atomic E-state index is 0.0628. The van der Waals surface area contributed by atoms with Gasteiger partial charge in [0.05, 0.1) is 13.2 Å². The van der Waals surface area contributed by atoms with Crippen molar-refractivity contribution in [2.45, 2.75) is 71.7 Å². The van der Waals surface area contributed by atoms with E-state index in [1.165, 1.54) is 0 Å². The number of carbonyl (C=O) groups is 4. The normalized spacial score (nSPS) is 13.3. The summed E-state index contributed by atoms with van der Waals surface area (Å²) in [5.41, 5.74) is 1.60. The Balaban J connectivity index is 2.09. The predicted octanol–water partition coefficient (Wildman–Crippen LogP) is 4.70. The Labute approximate surface area is 262 Å². The molecule has 218 valence electrons. The average Bonchev–Trinajstić information content (AvgIpc) is 2.89. The van der Waals surface area contributed by atoms with Crippen LogP contribution in [0.25, 0.3) is 0 Å². The van der Waals surface area contributed by atoms with E-state index in [9.17, 15) is 24.3 Å². The molecule has 0 aromatic heterocycles. The molecule has 0 saturated heterocycles. The van der Waals surface area contributed by atoms with Gasteiger partial charge in [-0.25, -0.2) is 4.79 Å². The lowest BCUT2D eigenvalue weighted by Crippen LogP contribution is -2.55. The zero-order valence-electron chi connectivity index (χ0n) is 23.1. The molecule has 2 aromatic carbocycles. The fourth-order valence-corrected chi connectivity index (χ4v) is 5.89. The van der Waals surface area contributed by atoms with Gasteiger partial charge in [-0.05, 0) is 99.5 Å². The van der Waals surface area contributed by atoms with Gasteiger partial charge in [0.15, 0.2) is 0 Å². The maximum Gasteiger partial charge on any atom is 0.408 e. The zero-order valence-corrected chi connectivity index (χ0v) is 27.4. The van der Waals surface area contributed by atoms with Gasteiger partial charge in [0.1, 0.15) is 30.7 Å². The number of aldehydes is 1. The molecule has 0 spiro atoms. The van der Waals surface area contributed by atoms with E-state index in [-0.39, 0.29) is 30.6 Å². The van der Waals surface area contributed by atoms with E-state index in [0.717, 1.165) is 11.1 Å². The van der Waals surface area contributed by atoms with Gasteiger partial charge < -0.3 is 30.6 Å². The lowest BCUT2D eigenvalue weighted by atomic mass is 9.99. The monoisotopic (exact) mass is 777 g/mol. The van der Waals surface area contributed by atoms with Crippen molar-refractivity contribution in [1.29, 1.82) is 0 Å². The van der Waals surface area contributed by atoms with Crippen molar-refractivity contribution >= 4 is 69.4 Å². The molecule has 4 N–H and O–H groups in total. The number of halogens is 2. The van der Waals surface area contributed by atoms with E-state index in [0.29, 0.717) is 26.3 Å². The van der Waals surface area contributed by atoms with Crippen LogP contribution in [-0.2, 0) is 32.1 Å². The van der Waals surface area contributed by atoms with Crippen LogP contribution >= 0.6 is 45.2 Å². The van der Waals surface area contributed by atoms with Crippen LogP contribution in [-0.4, -0.2) is 47.4 Å². The molecule has 2 aromatic rings. The maximum absolute atomic E-state index is 13.3.